The molecule has 25 heavy (non-hydrogen) atoms. The standard InChI is InChI=1S/C20H34O5/c1-7-17-14(5)19(23)15(6)18(22)12(3)10-11(2)8-9-16(21)13(4)20(24)25-17/h11,13-17,19,21,23H,3,7-10H2,1-2,4-6H3/t11-,13?,14+,15+,16+,17-,19+/m1/s1. The quantitative estimate of drug-likeness (QED) is 0.559. The molecule has 0 aromatic heterocycles. The molecule has 1 heterocycles. The first-order valence-electron chi connectivity index (χ1n) is 9.38. The summed E-state index contributed by atoms with van der Waals surface area (Å²) in [7, 11) is 0. The van der Waals surface area contributed by atoms with Crippen molar-refractivity contribution in [3.8, 4) is 0 Å². The molecular weight excluding hydrogens is 320 g/mol. The molecule has 0 saturated carbocycles. The van der Waals surface area contributed by atoms with E-state index in [9.17, 15) is 19.8 Å². The number of allylic oxidation sites excluding steroid dienone is 1. The number of rotatable bonds is 1. The highest BCUT2D eigenvalue weighted by Gasteiger charge is 2.35. The minimum atomic E-state index is -0.916. The first kappa shape index (κ1) is 21.8. The van der Waals surface area contributed by atoms with Crippen LogP contribution in [0.1, 0.15) is 60.3 Å². The number of cyclic esters (lactones) is 1. The molecular formula is C20H34O5. The summed E-state index contributed by atoms with van der Waals surface area (Å²) in [6.45, 7) is 12.9. The Morgan fingerprint density at radius 2 is 1.68 bits per heavy atom. The van der Waals surface area contributed by atoms with E-state index < -0.39 is 36.1 Å². The zero-order valence-corrected chi connectivity index (χ0v) is 16.2. The summed E-state index contributed by atoms with van der Waals surface area (Å²) in [5, 5.41) is 20.9. The monoisotopic (exact) mass is 354 g/mol. The van der Waals surface area contributed by atoms with Gasteiger partial charge in [0.25, 0.3) is 0 Å². The third-order valence-electron chi connectivity index (χ3n) is 5.57. The fourth-order valence-corrected chi connectivity index (χ4v) is 3.46. The van der Waals surface area contributed by atoms with Crippen LogP contribution in [0.4, 0.5) is 0 Å². The van der Waals surface area contributed by atoms with Crippen LogP contribution in [0.15, 0.2) is 12.2 Å². The molecule has 0 aliphatic carbocycles. The van der Waals surface area contributed by atoms with E-state index in [-0.39, 0.29) is 17.6 Å². The van der Waals surface area contributed by atoms with Gasteiger partial charge in [0.05, 0.1) is 18.1 Å². The van der Waals surface area contributed by atoms with E-state index in [1.165, 1.54) is 0 Å². The van der Waals surface area contributed by atoms with Crippen molar-refractivity contribution >= 4 is 11.8 Å². The number of carbonyl (C=O) groups is 2. The molecule has 144 valence electrons. The summed E-state index contributed by atoms with van der Waals surface area (Å²) in [5.41, 5.74) is 0.510. The van der Waals surface area contributed by atoms with Gasteiger partial charge in [-0.2, -0.15) is 0 Å². The Labute approximate surface area is 151 Å². The molecule has 0 radical (unpaired) electrons. The summed E-state index contributed by atoms with van der Waals surface area (Å²) >= 11 is 0. The first-order valence-corrected chi connectivity index (χ1v) is 9.38. The van der Waals surface area contributed by atoms with Gasteiger partial charge in [-0.1, -0.05) is 34.3 Å². The summed E-state index contributed by atoms with van der Waals surface area (Å²) in [6.07, 6.45) is 0.0409. The number of aliphatic hydroxyl groups is 2. The van der Waals surface area contributed by atoms with Crippen molar-refractivity contribution in [2.24, 2.45) is 23.7 Å². The fraction of sp³-hybridized carbons (Fsp3) is 0.800. The average Bonchev–Trinajstić information content (AvgIpc) is 2.59. The molecule has 1 fully saturated rings. The van der Waals surface area contributed by atoms with Crippen LogP contribution in [0.3, 0.4) is 0 Å². The largest absolute Gasteiger partial charge is 0.462 e. The number of Topliss-reactive ketones (excluding diaryl/α,β-unsaturated/α-hetero) is 1. The van der Waals surface area contributed by atoms with Gasteiger partial charge in [-0.25, -0.2) is 0 Å². The molecule has 2 N–H and O–H groups in total. The van der Waals surface area contributed by atoms with E-state index in [0.29, 0.717) is 31.3 Å². The molecule has 0 spiro atoms. The second-order valence-corrected chi connectivity index (χ2v) is 7.73. The SMILES string of the molecule is C=C1C[C@H](C)CC[C@H](O)C(C)C(=O)O[C@H](CC)[C@H](C)[C@H](O)[C@@H](C)C1=O. The van der Waals surface area contributed by atoms with E-state index in [0.717, 1.165) is 0 Å². The molecule has 5 nitrogen and oxygen atoms in total. The van der Waals surface area contributed by atoms with Gasteiger partial charge in [-0.05, 0) is 44.1 Å². The Balaban J connectivity index is 3.08. The molecule has 1 saturated heterocycles. The first-order chi connectivity index (χ1) is 11.6. The van der Waals surface area contributed by atoms with Gasteiger partial charge < -0.3 is 14.9 Å². The molecule has 1 aliphatic rings. The van der Waals surface area contributed by atoms with Gasteiger partial charge in [-0.15, -0.1) is 0 Å². The van der Waals surface area contributed by atoms with Crippen LogP contribution < -0.4 is 0 Å². The normalized spacial score (nSPS) is 39.6. The summed E-state index contributed by atoms with van der Waals surface area (Å²) in [6, 6.07) is 0. The highest BCUT2D eigenvalue weighted by molar-refractivity contribution is 5.96. The van der Waals surface area contributed by atoms with Crippen molar-refractivity contribution in [2.75, 3.05) is 0 Å². The summed E-state index contributed by atoms with van der Waals surface area (Å²) < 4.78 is 5.55. The molecule has 5 heteroatoms. The smallest absolute Gasteiger partial charge is 0.311 e. The zero-order valence-electron chi connectivity index (χ0n) is 16.2. The minimum Gasteiger partial charge on any atom is -0.462 e. The van der Waals surface area contributed by atoms with Gasteiger partial charge >= 0.3 is 5.97 Å². The fourth-order valence-electron chi connectivity index (χ4n) is 3.46. The number of ether oxygens (including phenoxy) is 1. The Kier molecular flexibility index (Phi) is 8.29. The van der Waals surface area contributed by atoms with Crippen LogP contribution in [0.25, 0.3) is 0 Å². The molecule has 0 bridgehead atoms. The van der Waals surface area contributed by atoms with Crippen molar-refractivity contribution < 1.29 is 24.5 Å². The van der Waals surface area contributed by atoms with Gasteiger partial charge in [-0.3, -0.25) is 9.59 Å². The van der Waals surface area contributed by atoms with Gasteiger partial charge in [0.15, 0.2) is 5.78 Å². The van der Waals surface area contributed by atoms with Gasteiger partial charge in [0, 0.05) is 11.8 Å². The molecule has 1 rings (SSSR count). The van der Waals surface area contributed by atoms with Crippen molar-refractivity contribution in [2.45, 2.75) is 78.6 Å². The lowest BCUT2D eigenvalue weighted by Crippen LogP contribution is -2.41. The zero-order chi connectivity index (χ0) is 19.3. The maximum absolute atomic E-state index is 12.6. The molecule has 0 aromatic carbocycles. The van der Waals surface area contributed by atoms with Crippen molar-refractivity contribution in [3.05, 3.63) is 12.2 Å². The Morgan fingerprint density at radius 3 is 2.24 bits per heavy atom. The minimum absolute atomic E-state index is 0.140. The second-order valence-electron chi connectivity index (χ2n) is 7.73. The van der Waals surface area contributed by atoms with Crippen molar-refractivity contribution in [1.82, 2.24) is 0 Å². The topological polar surface area (TPSA) is 83.8 Å². The van der Waals surface area contributed by atoms with Crippen LogP contribution in [0, 0.1) is 23.7 Å². The van der Waals surface area contributed by atoms with Crippen LogP contribution in [0.2, 0.25) is 0 Å². The molecule has 0 aromatic rings. The van der Waals surface area contributed by atoms with E-state index in [1.807, 2.05) is 13.8 Å². The van der Waals surface area contributed by atoms with E-state index in [2.05, 4.69) is 6.58 Å². The van der Waals surface area contributed by atoms with Gasteiger partial charge in [0.2, 0.25) is 0 Å². The molecule has 1 aliphatic heterocycles. The Morgan fingerprint density at radius 1 is 1.08 bits per heavy atom. The van der Waals surface area contributed by atoms with Crippen molar-refractivity contribution in [1.29, 1.82) is 0 Å². The highest BCUT2D eigenvalue weighted by atomic mass is 16.5. The number of ketones is 1. The molecule has 1 unspecified atom stereocenters. The average molecular weight is 354 g/mol. The van der Waals surface area contributed by atoms with Crippen LogP contribution in [-0.4, -0.2) is 40.3 Å². The predicted molar refractivity (Wildman–Crippen MR) is 96.8 cm³/mol. The third-order valence-corrected chi connectivity index (χ3v) is 5.57. The van der Waals surface area contributed by atoms with Gasteiger partial charge in [0.1, 0.15) is 6.10 Å². The summed E-state index contributed by atoms with van der Waals surface area (Å²) in [5.74, 6) is -2.01. The third kappa shape index (κ3) is 5.65. The maximum atomic E-state index is 12.6. The molecule has 7 atom stereocenters. The van der Waals surface area contributed by atoms with Crippen LogP contribution in [0.5, 0.6) is 0 Å². The lowest BCUT2D eigenvalue weighted by Gasteiger charge is -2.32. The highest BCUT2D eigenvalue weighted by Crippen LogP contribution is 2.28. The lowest BCUT2D eigenvalue weighted by atomic mass is 9.82. The Hall–Kier alpha value is -1.20. The number of esters is 1. The van der Waals surface area contributed by atoms with Crippen LogP contribution >= 0.6 is 0 Å². The van der Waals surface area contributed by atoms with E-state index in [4.69, 9.17) is 4.74 Å². The van der Waals surface area contributed by atoms with Crippen LogP contribution in [-0.2, 0) is 14.3 Å². The Bertz CT molecular complexity index is 486. The van der Waals surface area contributed by atoms with Crippen molar-refractivity contribution in [3.63, 3.8) is 0 Å². The second kappa shape index (κ2) is 9.48. The number of hydrogen-bond donors (Lipinski definition) is 2. The predicted octanol–water partition coefficient (Wildman–Crippen LogP) is 2.88. The summed E-state index contributed by atoms with van der Waals surface area (Å²) in [4.78, 5) is 24.9. The maximum Gasteiger partial charge on any atom is 0.311 e. The number of carbonyl (C=O) groups excluding carboxylic acids is 2. The number of aliphatic hydroxyl groups excluding tert-OH is 2. The lowest BCUT2D eigenvalue weighted by molar-refractivity contribution is -0.163. The van der Waals surface area contributed by atoms with E-state index in [1.54, 1.807) is 20.8 Å². The van der Waals surface area contributed by atoms with E-state index >= 15 is 0 Å². The number of hydrogen-bond acceptors (Lipinski definition) is 5. The molecule has 0 amide bonds.